The van der Waals surface area contributed by atoms with Crippen molar-refractivity contribution in [3.63, 3.8) is 0 Å². The van der Waals surface area contributed by atoms with Crippen molar-refractivity contribution in [2.75, 3.05) is 0 Å². The number of fused-ring (bicyclic) bond motifs is 1. The van der Waals surface area contributed by atoms with Crippen LogP contribution in [0.3, 0.4) is 0 Å². The molecule has 1 amide bonds. The first-order valence-electron chi connectivity index (χ1n) is 10.8. The molecule has 0 saturated heterocycles. The minimum atomic E-state index is -1.92. The topological polar surface area (TPSA) is 57.6 Å². The van der Waals surface area contributed by atoms with Crippen molar-refractivity contribution >= 4 is 11.7 Å². The highest BCUT2D eigenvalue weighted by atomic mass is 16.3. The standard InChI is InChI=1S/C25H25NO3/c27-23(17-6-2-1-3-7-17)25(29)21-9-5-4-8-20(21)24(28)26(25)22-18-11-15-10-16(13-18)14-19(22)12-15/h1-9,15-16,18-19,22,29H,10-14H2. The molecule has 2 aromatic carbocycles. The van der Waals surface area contributed by atoms with Gasteiger partial charge in [-0.2, -0.15) is 0 Å². The second-order valence-electron chi connectivity index (χ2n) is 9.51. The fourth-order valence-electron chi connectivity index (χ4n) is 7.07. The minimum absolute atomic E-state index is 0.0552. The molecule has 4 nitrogen and oxygen atoms in total. The summed E-state index contributed by atoms with van der Waals surface area (Å²) in [4.78, 5) is 28.9. The van der Waals surface area contributed by atoms with Gasteiger partial charge in [0.25, 0.3) is 5.91 Å². The van der Waals surface area contributed by atoms with Crippen LogP contribution in [0, 0.1) is 23.7 Å². The summed E-state index contributed by atoms with van der Waals surface area (Å²) >= 11 is 0. The number of nitrogens with zero attached hydrogens (tertiary/aromatic N) is 1. The number of amides is 1. The molecule has 4 saturated carbocycles. The molecule has 2 aromatic rings. The first kappa shape index (κ1) is 17.4. The van der Waals surface area contributed by atoms with Crippen LogP contribution in [0.15, 0.2) is 54.6 Å². The molecule has 4 aliphatic carbocycles. The lowest BCUT2D eigenvalue weighted by molar-refractivity contribution is -0.133. The summed E-state index contributed by atoms with van der Waals surface area (Å²) in [6, 6.07) is 15.9. The molecule has 5 aliphatic rings. The molecular weight excluding hydrogens is 362 g/mol. The largest absolute Gasteiger partial charge is 0.360 e. The number of carbonyl (C=O) groups excluding carboxylic acids is 2. The quantitative estimate of drug-likeness (QED) is 0.810. The van der Waals surface area contributed by atoms with E-state index in [0.717, 1.165) is 37.5 Å². The summed E-state index contributed by atoms with van der Waals surface area (Å²) in [5.74, 6) is 1.70. The molecule has 29 heavy (non-hydrogen) atoms. The van der Waals surface area contributed by atoms with E-state index < -0.39 is 11.5 Å². The van der Waals surface area contributed by atoms with Gasteiger partial charge >= 0.3 is 0 Å². The number of hydrogen-bond donors (Lipinski definition) is 1. The maximum atomic E-state index is 13.7. The number of hydrogen-bond acceptors (Lipinski definition) is 3. The molecule has 148 valence electrons. The van der Waals surface area contributed by atoms with Crippen LogP contribution < -0.4 is 0 Å². The Morgan fingerprint density at radius 1 is 0.862 bits per heavy atom. The van der Waals surface area contributed by atoms with Gasteiger partial charge in [0.1, 0.15) is 0 Å². The minimum Gasteiger partial charge on any atom is -0.360 e. The average molecular weight is 387 g/mol. The smallest absolute Gasteiger partial charge is 0.257 e. The molecule has 0 spiro atoms. The van der Waals surface area contributed by atoms with E-state index in [9.17, 15) is 14.7 Å². The maximum Gasteiger partial charge on any atom is 0.257 e. The lowest BCUT2D eigenvalue weighted by Crippen LogP contribution is -2.63. The Hall–Kier alpha value is -2.46. The van der Waals surface area contributed by atoms with Gasteiger partial charge in [-0.05, 0) is 61.8 Å². The number of rotatable bonds is 3. The van der Waals surface area contributed by atoms with Crippen molar-refractivity contribution in [3.8, 4) is 0 Å². The summed E-state index contributed by atoms with van der Waals surface area (Å²) in [6.07, 6.45) is 5.79. The van der Waals surface area contributed by atoms with Crippen molar-refractivity contribution < 1.29 is 14.7 Å². The van der Waals surface area contributed by atoms with E-state index in [1.807, 2.05) is 12.1 Å². The second-order valence-corrected chi connectivity index (χ2v) is 9.51. The van der Waals surface area contributed by atoms with Gasteiger partial charge in [-0.3, -0.25) is 14.5 Å². The molecule has 1 unspecified atom stereocenters. The molecule has 1 heterocycles. The molecule has 1 atom stereocenters. The number of Topliss-reactive ketones (excluding diaryl/α,β-unsaturated/α-hetero) is 1. The summed E-state index contributed by atoms with van der Waals surface area (Å²) < 4.78 is 0. The van der Waals surface area contributed by atoms with E-state index in [0.29, 0.717) is 28.5 Å². The van der Waals surface area contributed by atoms with Crippen LogP contribution in [0.1, 0.15) is 58.4 Å². The van der Waals surface area contributed by atoms with E-state index in [1.165, 1.54) is 6.42 Å². The first-order chi connectivity index (χ1) is 14.1. The summed E-state index contributed by atoms with van der Waals surface area (Å²) in [5.41, 5.74) is -0.580. The van der Waals surface area contributed by atoms with Crippen LogP contribution in [0.2, 0.25) is 0 Å². The third-order valence-corrected chi connectivity index (χ3v) is 7.93. The monoisotopic (exact) mass is 387 g/mol. The third-order valence-electron chi connectivity index (χ3n) is 7.93. The number of aliphatic hydroxyl groups is 1. The highest BCUT2D eigenvalue weighted by Gasteiger charge is 2.61. The van der Waals surface area contributed by atoms with Crippen molar-refractivity contribution in [3.05, 3.63) is 71.3 Å². The van der Waals surface area contributed by atoms with E-state index >= 15 is 0 Å². The summed E-state index contributed by atoms with van der Waals surface area (Å²) in [5, 5.41) is 12.0. The molecule has 4 heteroatoms. The normalized spacial score (nSPS) is 37.1. The maximum absolute atomic E-state index is 13.7. The van der Waals surface area contributed by atoms with Gasteiger partial charge in [0, 0.05) is 22.7 Å². The van der Waals surface area contributed by atoms with Gasteiger partial charge in [0.05, 0.1) is 0 Å². The predicted octanol–water partition coefficient (Wildman–Crippen LogP) is 4.00. The molecular formula is C25H25NO3. The Morgan fingerprint density at radius 2 is 1.45 bits per heavy atom. The molecule has 1 aliphatic heterocycles. The van der Waals surface area contributed by atoms with E-state index in [4.69, 9.17) is 0 Å². The van der Waals surface area contributed by atoms with Crippen molar-refractivity contribution in [2.24, 2.45) is 23.7 Å². The van der Waals surface area contributed by atoms with Gasteiger partial charge < -0.3 is 5.11 Å². The zero-order valence-electron chi connectivity index (χ0n) is 16.3. The fraction of sp³-hybridized carbons (Fsp3) is 0.440. The zero-order chi connectivity index (χ0) is 19.8. The second kappa shape index (κ2) is 6.02. The summed E-state index contributed by atoms with van der Waals surface area (Å²) in [7, 11) is 0. The predicted molar refractivity (Wildman–Crippen MR) is 108 cm³/mol. The highest BCUT2D eigenvalue weighted by molar-refractivity contribution is 6.11. The average Bonchev–Trinajstić information content (AvgIpc) is 2.96. The Balaban J connectivity index is 1.50. The van der Waals surface area contributed by atoms with E-state index in [1.54, 1.807) is 47.4 Å². The van der Waals surface area contributed by atoms with E-state index in [2.05, 4.69) is 0 Å². The fourth-order valence-corrected chi connectivity index (χ4v) is 7.07. The van der Waals surface area contributed by atoms with Crippen LogP contribution in [-0.4, -0.2) is 27.7 Å². The number of carbonyl (C=O) groups is 2. The van der Waals surface area contributed by atoms with Crippen LogP contribution in [0.25, 0.3) is 0 Å². The van der Waals surface area contributed by atoms with Crippen LogP contribution in [-0.2, 0) is 5.72 Å². The zero-order valence-corrected chi connectivity index (χ0v) is 16.3. The highest BCUT2D eigenvalue weighted by Crippen LogP contribution is 2.57. The molecule has 0 radical (unpaired) electrons. The number of ketones is 1. The van der Waals surface area contributed by atoms with E-state index in [-0.39, 0.29) is 11.9 Å². The molecule has 0 aromatic heterocycles. The van der Waals surface area contributed by atoms with Gasteiger partial charge in [0.15, 0.2) is 0 Å². The van der Waals surface area contributed by atoms with Crippen LogP contribution in [0.5, 0.6) is 0 Å². The van der Waals surface area contributed by atoms with Gasteiger partial charge in [0.2, 0.25) is 11.5 Å². The first-order valence-corrected chi connectivity index (χ1v) is 10.8. The van der Waals surface area contributed by atoms with Crippen molar-refractivity contribution in [1.29, 1.82) is 0 Å². The molecule has 4 bridgehead atoms. The lowest BCUT2D eigenvalue weighted by atomic mass is 9.53. The van der Waals surface area contributed by atoms with Gasteiger partial charge in [-0.25, -0.2) is 0 Å². The number of benzene rings is 2. The Morgan fingerprint density at radius 3 is 2.10 bits per heavy atom. The SMILES string of the molecule is O=C1c2ccccc2C(O)(C(=O)c2ccccc2)N1C1C2CC3CC(C2)CC1C3. The van der Waals surface area contributed by atoms with Gasteiger partial charge in [-0.1, -0.05) is 48.5 Å². The third kappa shape index (κ3) is 2.29. The Bertz CT molecular complexity index is 972. The van der Waals surface area contributed by atoms with Crippen LogP contribution in [0.4, 0.5) is 0 Å². The summed E-state index contributed by atoms with van der Waals surface area (Å²) in [6.45, 7) is 0. The molecule has 1 N–H and O–H groups in total. The molecule has 4 fully saturated rings. The Labute approximate surface area is 170 Å². The van der Waals surface area contributed by atoms with Crippen LogP contribution >= 0.6 is 0 Å². The molecule has 7 rings (SSSR count). The van der Waals surface area contributed by atoms with Gasteiger partial charge in [-0.15, -0.1) is 0 Å². The van der Waals surface area contributed by atoms with Crippen molar-refractivity contribution in [2.45, 2.75) is 43.9 Å². The van der Waals surface area contributed by atoms with Crippen molar-refractivity contribution in [1.82, 2.24) is 4.90 Å². The lowest BCUT2D eigenvalue weighted by Gasteiger charge is -2.58. The Kier molecular flexibility index (Phi) is 3.61.